The lowest BCUT2D eigenvalue weighted by Gasteiger charge is -2.35. The molecule has 1 amide bonds. The molecule has 4 aromatic rings. The standard InChI is InChI=1S/C24H22ClF2N5O3S/c1-14-22(36-21(30-14)10-35-18-6-3-16(25)4-7-18)23(33)31-15(2)24(34,11-32-13-28-12-29-32)19-8-5-17(26)9-20(19)27/h3-9,12-13,15,34H,10-11H2,1-2H3,(H,31,33). The molecule has 0 aliphatic carbocycles. The average Bonchev–Trinajstić information content (AvgIpc) is 3.47. The molecule has 0 radical (unpaired) electrons. The number of rotatable bonds is 9. The van der Waals surface area contributed by atoms with Gasteiger partial charge in [0.05, 0.1) is 18.3 Å². The Morgan fingerprint density at radius 3 is 2.69 bits per heavy atom. The molecular weight excluding hydrogens is 512 g/mol. The van der Waals surface area contributed by atoms with E-state index in [0.29, 0.717) is 32.4 Å². The topological polar surface area (TPSA) is 102 Å². The van der Waals surface area contributed by atoms with E-state index in [1.165, 1.54) is 24.3 Å². The van der Waals surface area contributed by atoms with Crippen LogP contribution in [0, 0.1) is 18.6 Å². The van der Waals surface area contributed by atoms with Crippen LogP contribution in [0.5, 0.6) is 5.75 Å². The molecule has 0 aliphatic heterocycles. The molecule has 188 valence electrons. The maximum atomic E-state index is 14.7. The Balaban J connectivity index is 1.53. The maximum Gasteiger partial charge on any atom is 0.263 e. The van der Waals surface area contributed by atoms with E-state index < -0.39 is 29.2 Å². The third kappa shape index (κ3) is 5.69. The highest BCUT2D eigenvalue weighted by Gasteiger charge is 2.40. The number of nitrogens with one attached hydrogen (secondary N) is 1. The summed E-state index contributed by atoms with van der Waals surface area (Å²) >= 11 is 7.02. The predicted octanol–water partition coefficient (Wildman–Crippen LogP) is 4.26. The fourth-order valence-corrected chi connectivity index (χ4v) is 4.65. The first-order chi connectivity index (χ1) is 17.2. The van der Waals surface area contributed by atoms with Crippen LogP contribution in [-0.4, -0.2) is 36.8 Å². The van der Waals surface area contributed by atoms with Gasteiger partial charge in [0.25, 0.3) is 5.91 Å². The van der Waals surface area contributed by atoms with Gasteiger partial charge in [-0.1, -0.05) is 17.7 Å². The fourth-order valence-electron chi connectivity index (χ4n) is 3.64. The summed E-state index contributed by atoms with van der Waals surface area (Å²) in [7, 11) is 0. The van der Waals surface area contributed by atoms with E-state index in [9.17, 15) is 18.7 Å². The van der Waals surface area contributed by atoms with Crippen LogP contribution >= 0.6 is 22.9 Å². The van der Waals surface area contributed by atoms with Gasteiger partial charge in [-0.3, -0.25) is 4.79 Å². The summed E-state index contributed by atoms with van der Waals surface area (Å²) in [5.41, 5.74) is -1.68. The quantitative estimate of drug-likeness (QED) is 0.333. The molecule has 0 saturated heterocycles. The Morgan fingerprint density at radius 2 is 2.03 bits per heavy atom. The second-order valence-corrected chi connectivity index (χ2v) is 9.62. The van der Waals surface area contributed by atoms with Crippen molar-refractivity contribution in [2.24, 2.45) is 0 Å². The zero-order valence-corrected chi connectivity index (χ0v) is 20.9. The van der Waals surface area contributed by atoms with Crippen molar-refractivity contribution in [3.8, 4) is 5.75 Å². The van der Waals surface area contributed by atoms with Gasteiger partial charge in [-0.05, 0) is 44.2 Å². The summed E-state index contributed by atoms with van der Waals surface area (Å²) in [5, 5.41) is 19.4. The molecule has 8 nitrogen and oxygen atoms in total. The molecular formula is C24H22ClF2N5O3S. The summed E-state index contributed by atoms with van der Waals surface area (Å²) < 4.78 is 35.3. The molecule has 36 heavy (non-hydrogen) atoms. The predicted molar refractivity (Wildman–Crippen MR) is 130 cm³/mol. The molecule has 0 fully saturated rings. The Morgan fingerprint density at radius 1 is 1.28 bits per heavy atom. The van der Waals surface area contributed by atoms with E-state index in [4.69, 9.17) is 16.3 Å². The van der Waals surface area contributed by atoms with Crippen molar-refractivity contribution < 1.29 is 23.4 Å². The third-order valence-corrected chi connectivity index (χ3v) is 6.94. The molecule has 0 aliphatic rings. The van der Waals surface area contributed by atoms with Crippen molar-refractivity contribution in [2.75, 3.05) is 0 Å². The normalized spacial score (nSPS) is 13.7. The molecule has 0 bridgehead atoms. The summed E-state index contributed by atoms with van der Waals surface area (Å²) in [4.78, 5) is 21.7. The van der Waals surface area contributed by atoms with Gasteiger partial charge in [0.15, 0.2) is 0 Å². The first-order valence-electron chi connectivity index (χ1n) is 10.8. The number of halogens is 3. The summed E-state index contributed by atoms with van der Waals surface area (Å²) in [6.45, 7) is 3.12. The summed E-state index contributed by atoms with van der Waals surface area (Å²) in [6.07, 6.45) is 2.61. The molecule has 4 rings (SSSR count). The lowest BCUT2D eigenvalue weighted by Crippen LogP contribution is -2.51. The minimum Gasteiger partial charge on any atom is -0.486 e. The lowest BCUT2D eigenvalue weighted by molar-refractivity contribution is -0.0185. The zero-order chi connectivity index (χ0) is 25.9. The van der Waals surface area contributed by atoms with Crippen molar-refractivity contribution in [1.29, 1.82) is 0 Å². The lowest BCUT2D eigenvalue weighted by atomic mass is 9.86. The van der Waals surface area contributed by atoms with Gasteiger partial charge in [-0.2, -0.15) is 5.10 Å². The van der Waals surface area contributed by atoms with Gasteiger partial charge in [-0.15, -0.1) is 11.3 Å². The molecule has 2 aromatic heterocycles. The largest absolute Gasteiger partial charge is 0.486 e. The van der Waals surface area contributed by atoms with Crippen LogP contribution in [0.1, 0.15) is 32.9 Å². The number of aromatic nitrogens is 4. The SMILES string of the molecule is Cc1nc(COc2ccc(Cl)cc2)sc1C(=O)NC(C)C(O)(Cn1cncn1)c1ccc(F)cc1F. The van der Waals surface area contributed by atoms with E-state index >= 15 is 0 Å². The van der Waals surface area contributed by atoms with Crippen molar-refractivity contribution in [2.45, 2.75) is 38.6 Å². The number of aryl methyl sites for hydroxylation is 1. The van der Waals surface area contributed by atoms with Gasteiger partial charge in [0.1, 0.15) is 52.1 Å². The Kier molecular flexibility index (Phi) is 7.62. The first-order valence-corrected chi connectivity index (χ1v) is 12.0. The molecule has 2 heterocycles. The number of nitrogens with zero attached hydrogens (tertiary/aromatic N) is 4. The van der Waals surface area contributed by atoms with Gasteiger partial charge >= 0.3 is 0 Å². The van der Waals surface area contributed by atoms with Crippen LogP contribution in [0.3, 0.4) is 0 Å². The number of benzene rings is 2. The fraction of sp³-hybridized carbons (Fsp3) is 0.250. The number of carbonyl (C=O) groups excluding carboxylic acids is 1. The second-order valence-electron chi connectivity index (χ2n) is 8.10. The maximum absolute atomic E-state index is 14.7. The highest BCUT2D eigenvalue weighted by molar-refractivity contribution is 7.13. The molecule has 0 saturated carbocycles. The van der Waals surface area contributed by atoms with E-state index in [-0.39, 0.29) is 18.7 Å². The zero-order valence-electron chi connectivity index (χ0n) is 19.3. The van der Waals surface area contributed by atoms with Crippen LogP contribution in [0.4, 0.5) is 8.78 Å². The molecule has 2 atom stereocenters. The Bertz CT molecular complexity index is 1350. The number of hydrogen-bond donors (Lipinski definition) is 2. The van der Waals surface area contributed by atoms with Crippen LogP contribution in [-0.2, 0) is 18.8 Å². The first kappa shape index (κ1) is 25.7. The number of aliphatic hydroxyl groups is 1. The molecule has 2 N–H and O–H groups in total. The van der Waals surface area contributed by atoms with Gasteiger partial charge in [0, 0.05) is 16.7 Å². The van der Waals surface area contributed by atoms with Crippen LogP contribution in [0.2, 0.25) is 5.02 Å². The third-order valence-electron chi connectivity index (χ3n) is 5.55. The molecule has 2 aromatic carbocycles. The number of hydrogen-bond acceptors (Lipinski definition) is 7. The highest BCUT2D eigenvalue weighted by atomic mass is 35.5. The van der Waals surface area contributed by atoms with Crippen molar-refractivity contribution in [1.82, 2.24) is 25.1 Å². The minimum absolute atomic E-state index is 0.146. The van der Waals surface area contributed by atoms with Gasteiger partial charge < -0.3 is 15.2 Å². The number of thiazole rings is 1. The minimum atomic E-state index is -1.97. The molecule has 2 unspecified atom stereocenters. The monoisotopic (exact) mass is 533 g/mol. The van der Waals surface area contributed by atoms with E-state index in [1.54, 1.807) is 31.2 Å². The summed E-state index contributed by atoms with van der Waals surface area (Å²) in [5.74, 6) is -1.64. The Labute approximate surface area is 214 Å². The van der Waals surface area contributed by atoms with Gasteiger partial charge in [-0.25, -0.2) is 23.4 Å². The highest BCUT2D eigenvalue weighted by Crippen LogP contribution is 2.31. The van der Waals surface area contributed by atoms with Crippen molar-refractivity contribution in [3.05, 3.63) is 92.9 Å². The number of amides is 1. The van der Waals surface area contributed by atoms with E-state index in [2.05, 4.69) is 20.4 Å². The van der Waals surface area contributed by atoms with Crippen LogP contribution in [0.15, 0.2) is 55.1 Å². The van der Waals surface area contributed by atoms with E-state index in [1.807, 2.05) is 0 Å². The number of ether oxygens (including phenoxy) is 1. The van der Waals surface area contributed by atoms with Crippen molar-refractivity contribution in [3.63, 3.8) is 0 Å². The van der Waals surface area contributed by atoms with Crippen LogP contribution in [0.25, 0.3) is 0 Å². The Hall–Kier alpha value is -3.41. The van der Waals surface area contributed by atoms with Crippen molar-refractivity contribution >= 4 is 28.8 Å². The second kappa shape index (κ2) is 10.7. The summed E-state index contributed by atoms with van der Waals surface area (Å²) in [6, 6.07) is 8.71. The number of carbonyl (C=O) groups is 1. The molecule has 12 heteroatoms. The molecule has 0 spiro atoms. The smallest absolute Gasteiger partial charge is 0.263 e. The van der Waals surface area contributed by atoms with E-state index in [0.717, 1.165) is 23.5 Å². The van der Waals surface area contributed by atoms with Gasteiger partial charge in [0.2, 0.25) is 0 Å². The average molecular weight is 534 g/mol. The van der Waals surface area contributed by atoms with Crippen LogP contribution < -0.4 is 10.1 Å².